The highest BCUT2D eigenvalue weighted by Gasteiger charge is 2.41. The average Bonchev–Trinajstić information content (AvgIpc) is 2.01. The maximum atomic E-state index is 5.87. The summed E-state index contributed by atoms with van der Waals surface area (Å²) in [4.78, 5) is 2.58. The molecule has 13 heavy (non-hydrogen) atoms. The molecule has 2 rings (SSSR count). The molecule has 1 saturated heterocycles. The summed E-state index contributed by atoms with van der Waals surface area (Å²) in [5.41, 5.74) is 0.285. The molecule has 0 aromatic heterocycles. The summed E-state index contributed by atoms with van der Waals surface area (Å²) in [6, 6.07) is 0. The minimum absolute atomic E-state index is 0.285. The second kappa shape index (κ2) is 3.58. The van der Waals surface area contributed by atoms with E-state index in [0.29, 0.717) is 0 Å². The van der Waals surface area contributed by atoms with Gasteiger partial charge in [-0.2, -0.15) is 0 Å². The van der Waals surface area contributed by atoms with Gasteiger partial charge < -0.3 is 4.74 Å². The molecular formula is C11H21NO. The van der Waals surface area contributed by atoms with Gasteiger partial charge >= 0.3 is 0 Å². The van der Waals surface area contributed by atoms with Gasteiger partial charge in [-0.05, 0) is 25.2 Å². The molecule has 0 N–H and O–H groups in total. The summed E-state index contributed by atoms with van der Waals surface area (Å²) in [5, 5.41) is 0. The highest BCUT2D eigenvalue weighted by atomic mass is 16.5. The molecular weight excluding hydrogens is 162 g/mol. The van der Waals surface area contributed by atoms with E-state index in [0.717, 1.165) is 19.1 Å². The average molecular weight is 183 g/mol. The smallest absolute Gasteiger partial charge is 0.0809 e. The van der Waals surface area contributed by atoms with E-state index in [1.165, 1.54) is 32.4 Å². The molecule has 2 nitrogen and oxygen atoms in total. The van der Waals surface area contributed by atoms with Crippen LogP contribution in [-0.4, -0.2) is 36.7 Å². The zero-order valence-corrected chi connectivity index (χ0v) is 8.88. The van der Waals surface area contributed by atoms with Gasteiger partial charge in [-0.3, -0.25) is 4.90 Å². The molecule has 0 atom stereocenters. The van der Waals surface area contributed by atoms with E-state index in [2.05, 4.69) is 18.7 Å². The Morgan fingerprint density at radius 1 is 1.38 bits per heavy atom. The fourth-order valence-corrected chi connectivity index (χ4v) is 2.47. The van der Waals surface area contributed by atoms with Crippen LogP contribution in [0.4, 0.5) is 0 Å². The maximum Gasteiger partial charge on any atom is 0.0809 e. The van der Waals surface area contributed by atoms with Crippen LogP contribution in [0, 0.1) is 5.92 Å². The summed E-state index contributed by atoms with van der Waals surface area (Å²) in [7, 11) is 0. The summed E-state index contributed by atoms with van der Waals surface area (Å²) in [6.45, 7) is 9.11. The Hall–Kier alpha value is -0.0800. The van der Waals surface area contributed by atoms with Crippen molar-refractivity contribution in [1.82, 2.24) is 4.90 Å². The Labute approximate surface area is 81.3 Å². The Balaban J connectivity index is 1.85. The molecule has 0 aromatic carbocycles. The Kier molecular flexibility index (Phi) is 2.61. The van der Waals surface area contributed by atoms with Gasteiger partial charge in [0.1, 0.15) is 0 Å². The number of ether oxygens (including phenoxy) is 1. The molecule has 2 heteroatoms. The van der Waals surface area contributed by atoms with Crippen LogP contribution in [0.15, 0.2) is 0 Å². The van der Waals surface area contributed by atoms with E-state index in [1.54, 1.807) is 0 Å². The highest BCUT2D eigenvalue weighted by Crippen LogP contribution is 2.38. The van der Waals surface area contributed by atoms with Gasteiger partial charge in [0.25, 0.3) is 0 Å². The predicted octanol–water partition coefficient (Wildman–Crippen LogP) is 1.90. The molecule has 0 bridgehead atoms. The molecule has 0 aromatic rings. The standard InChI is InChI=1S/C11H21NO/c1-10(2)8-12-6-7-13-11(9-12)4-3-5-11/h10H,3-9H2,1-2H3. The minimum atomic E-state index is 0.285. The highest BCUT2D eigenvalue weighted by molar-refractivity contribution is 4.94. The van der Waals surface area contributed by atoms with Crippen LogP contribution in [0.5, 0.6) is 0 Å². The number of hydrogen-bond acceptors (Lipinski definition) is 2. The fourth-order valence-electron chi connectivity index (χ4n) is 2.47. The topological polar surface area (TPSA) is 12.5 Å². The lowest BCUT2D eigenvalue weighted by molar-refractivity contribution is -0.152. The van der Waals surface area contributed by atoms with Crippen molar-refractivity contribution in [3.63, 3.8) is 0 Å². The molecule has 0 unspecified atom stereocenters. The van der Waals surface area contributed by atoms with Crippen LogP contribution in [0.2, 0.25) is 0 Å². The molecule has 2 fully saturated rings. The number of nitrogens with zero attached hydrogens (tertiary/aromatic N) is 1. The summed E-state index contributed by atoms with van der Waals surface area (Å²) < 4.78 is 5.87. The van der Waals surface area contributed by atoms with Crippen LogP contribution < -0.4 is 0 Å². The molecule has 0 radical (unpaired) electrons. The largest absolute Gasteiger partial charge is 0.372 e. The van der Waals surface area contributed by atoms with Gasteiger partial charge in [0.15, 0.2) is 0 Å². The summed E-state index contributed by atoms with van der Waals surface area (Å²) in [6.07, 6.45) is 3.96. The number of morpholine rings is 1. The monoisotopic (exact) mass is 183 g/mol. The van der Waals surface area contributed by atoms with Crippen LogP contribution in [0.25, 0.3) is 0 Å². The molecule has 2 aliphatic rings. The third kappa shape index (κ3) is 2.05. The van der Waals surface area contributed by atoms with Crippen molar-refractivity contribution < 1.29 is 4.74 Å². The quantitative estimate of drug-likeness (QED) is 0.648. The lowest BCUT2D eigenvalue weighted by atomic mass is 9.79. The van der Waals surface area contributed by atoms with Crippen molar-refractivity contribution in [2.24, 2.45) is 5.92 Å². The van der Waals surface area contributed by atoms with E-state index in [9.17, 15) is 0 Å². The van der Waals surface area contributed by atoms with Gasteiger partial charge in [-0.25, -0.2) is 0 Å². The minimum Gasteiger partial charge on any atom is -0.372 e. The number of rotatable bonds is 2. The van der Waals surface area contributed by atoms with Crippen molar-refractivity contribution in [3.05, 3.63) is 0 Å². The first kappa shape index (κ1) is 9.47. The van der Waals surface area contributed by atoms with Gasteiger partial charge in [0.05, 0.1) is 12.2 Å². The third-order valence-corrected chi connectivity index (χ3v) is 3.22. The zero-order valence-electron chi connectivity index (χ0n) is 8.88. The van der Waals surface area contributed by atoms with Crippen LogP contribution >= 0.6 is 0 Å². The first-order valence-corrected chi connectivity index (χ1v) is 5.57. The second-order valence-corrected chi connectivity index (χ2v) is 5.01. The number of hydrogen-bond donors (Lipinski definition) is 0. The summed E-state index contributed by atoms with van der Waals surface area (Å²) in [5.74, 6) is 0.787. The lowest BCUT2D eigenvalue weighted by Gasteiger charge is -2.48. The molecule has 1 saturated carbocycles. The normalized spacial score (nSPS) is 27.9. The Bertz CT molecular complexity index is 175. The Morgan fingerprint density at radius 3 is 2.69 bits per heavy atom. The van der Waals surface area contributed by atoms with Crippen molar-refractivity contribution >= 4 is 0 Å². The molecule has 1 heterocycles. The molecule has 1 aliphatic carbocycles. The Morgan fingerprint density at radius 2 is 2.15 bits per heavy atom. The lowest BCUT2D eigenvalue weighted by Crippen LogP contribution is -2.56. The van der Waals surface area contributed by atoms with E-state index in [-0.39, 0.29) is 5.60 Å². The van der Waals surface area contributed by atoms with Crippen molar-refractivity contribution in [1.29, 1.82) is 0 Å². The van der Waals surface area contributed by atoms with Gasteiger partial charge in [-0.1, -0.05) is 13.8 Å². The van der Waals surface area contributed by atoms with Crippen LogP contribution in [-0.2, 0) is 4.74 Å². The first-order chi connectivity index (χ1) is 6.20. The molecule has 0 amide bonds. The van der Waals surface area contributed by atoms with E-state index in [1.807, 2.05) is 0 Å². The van der Waals surface area contributed by atoms with Crippen molar-refractivity contribution in [2.45, 2.75) is 38.7 Å². The summed E-state index contributed by atoms with van der Waals surface area (Å²) >= 11 is 0. The van der Waals surface area contributed by atoms with Gasteiger partial charge in [-0.15, -0.1) is 0 Å². The van der Waals surface area contributed by atoms with Crippen molar-refractivity contribution in [2.75, 3.05) is 26.2 Å². The van der Waals surface area contributed by atoms with E-state index < -0.39 is 0 Å². The molecule has 76 valence electrons. The van der Waals surface area contributed by atoms with Crippen LogP contribution in [0.1, 0.15) is 33.1 Å². The van der Waals surface area contributed by atoms with E-state index in [4.69, 9.17) is 4.74 Å². The van der Waals surface area contributed by atoms with E-state index >= 15 is 0 Å². The second-order valence-electron chi connectivity index (χ2n) is 5.01. The van der Waals surface area contributed by atoms with Crippen LogP contribution in [0.3, 0.4) is 0 Å². The first-order valence-electron chi connectivity index (χ1n) is 5.57. The van der Waals surface area contributed by atoms with Gasteiger partial charge in [0.2, 0.25) is 0 Å². The fraction of sp³-hybridized carbons (Fsp3) is 1.00. The predicted molar refractivity (Wildman–Crippen MR) is 53.8 cm³/mol. The van der Waals surface area contributed by atoms with Crippen molar-refractivity contribution in [3.8, 4) is 0 Å². The van der Waals surface area contributed by atoms with Gasteiger partial charge in [0, 0.05) is 19.6 Å². The maximum absolute atomic E-state index is 5.87. The molecule has 1 aliphatic heterocycles. The zero-order chi connectivity index (χ0) is 9.31. The SMILES string of the molecule is CC(C)CN1CCOC2(CCC2)C1. The third-order valence-electron chi connectivity index (χ3n) is 3.22. The molecule has 1 spiro atoms.